The van der Waals surface area contributed by atoms with Crippen LogP contribution in [0.15, 0.2) is 36.5 Å². The van der Waals surface area contributed by atoms with Crippen LogP contribution in [0.5, 0.6) is 0 Å². The van der Waals surface area contributed by atoms with Crippen LogP contribution in [0.2, 0.25) is 0 Å². The minimum absolute atomic E-state index is 0.00859. The molecule has 0 radical (unpaired) electrons. The molecule has 0 aliphatic rings. The number of allylic oxidation sites excluding steroid dienone is 6. The van der Waals surface area contributed by atoms with Crippen molar-refractivity contribution in [1.29, 1.82) is 0 Å². The molecule has 4 N–H and O–H groups in total. The highest BCUT2D eigenvalue weighted by Gasteiger charge is 2.19. The van der Waals surface area contributed by atoms with Crippen LogP contribution in [0, 0.1) is 0 Å². The van der Waals surface area contributed by atoms with Gasteiger partial charge in [0.2, 0.25) is 5.91 Å². The van der Waals surface area contributed by atoms with Crippen LogP contribution in [-0.2, 0) is 19.1 Å². The van der Waals surface area contributed by atoms with Gasteiger partial charge < -0.3 is 20.9 Å². The SMILES string of the molecule is CC/C=C\C/C=C\C/C=C\CCCCCCCC(=O)OC(CCCCCCCCCC)CCCCCCCC(=O)NC(CCCN)C(=O)O. The predicted molar refractivity (Wildman–Crippen MR) is 207 cm³/mol. The molecule has 49 heavy (non-hydrogen) atoms. The number of hydrogen-bond acceptors (Lipinski definition) is 5. The maximum atomic E-state index is 12.7. The minimum Gasteiger partial charge on any atom is -0.480 e. The summed E-state index contributed by atoms with van der Waals surface area (Å²) in [5, 5.41) is 11.9. The van der Waals surface area contributed by atoms with Crippen LogP contribution in [0.4, 0.5) is 0 Å². The molecule has 0 heterocycles. The number of unbranched alkanes of at least 4 members (excludes halogenated alkanes) is 16. The smallest absolute Gasteiger partial charge is 0.326 e. The molecule has 0 spiro atoms. The van der Waals surface area contributed by atoms with Gasteiger partial charge in [-0.15, -0.1) is 0 Å². The molecule has 7 heteroatoms. The molecule has 0 saturated heterocycles. The Kier molecular flexibility index (Phi) is 35.0. The average molecular weight is 689 g/mol. The van der Waals surface area contributed by atoms with Gasteiger partial charge in [0, 0.05) is 12.8 Å². The molecule has 0 aromatic heterocycles. The van der Waals surface area contributed by atoms with Crippen molar-refractivity contribution in [2.45, 2.75) is 206 Å². The molecule has 0 aliphatic carbocycles. The summed E-state index contributed by atoms with van der Waals surface area (Å²) in [7, 11) is 0. The molecule has 0 saturated carbocycles. The van der Waals surface area contributed by atoms with Crippen LogP contribution >= 0.6 is 0 Å². The number of carboxylic acids is 1. The molecule has 0 bridgehead atoms. The molecular formula is C42H76N2O5. The largest absolute Gasteiger partial charge is 0.480 e. The van der Waals surface area contributed by atoms with Gasteiger partial charge in [0.15, 0.2) is 0 Å². The predicted octanol–water partition coefficient (Wildman–Crippen LogP) is 11.1. The fraction of sp³-hybridized carbons (Fsp3) is 0.786. The maximum Gasteiger partial charge on any atom is 0.326 e. The Morgan fingerprint density at radius 1 is 0.612 bits per heavy atom. The van der Waals surface area contributed by atoms with E-state index in [9.17, 15) is 19.5 Å². The second kappa shape index (κ2) is 36.9. The summed E-state index contributed by atoms with van der Waals surface area (Å²) in [5.41, 5.74) is 5.47. The highest BCUT2D eigenvalue weighted by molar-refractivity contribution is 5.83. The lowest BCUT2D eigenvalue weighted by Gasteiger charge is -2.18. The molecule has 0 rings (SSSR count). The number of carbonyl (C=O) groups excluding carboxylic acids is 2. The third kappa shape index (κ3) is 33.8. The molecule has 7 nitrogen and oxygen atoms in total. The van der Waals surface area contributed by atoms with Gasteiger partial charge in [0.05, 0.1) is 0 Å². The first kappa shape index (κ1) is 46.6. The third-order valence-corrected chi connectivity index (χ3v) is 8.97. The highest BCUT2D eigenvalue weighted by Crippen LogP contribution is 2.19. The fourth-order valence-electron chi connectivity index (χ4n) is 5.94. The number of nitrogens with two attached hydrogens (primary N) is 1. The van der Waals surface area contributed by atoms with E-state index in [1.165, 1.54) is 64.2 Å². The van der Waals surface area contributed by atoms with Gasteiger partial charge in [-0.05, 0) is 90.0 Å². The van der Waals surface area contributed by atoms with Gasteiger partial charge in [0.1, 0.15) is 12.1 Å². The van der Waals surface area contributed by atoms with Crippen LogP contribution in [0.1, 0.15) is 194 Å². The Labute approximate surface area is 301 Å². The van der Waals surface area contributed by atoms with E-state index >= 15 is 0 Å². The van der Waals surface area contributed by atoms with Crippen molar-refractivity contribution in [3.63, 3.8) is 0 Å². The molecule has 0 aliphatic heterocycles. The normalized spacial score (nSPS) is 13.0. The monoisotopic (exact) mass is 689 g/mol. The number of rotatable bonds is 36. The Balaban J connectivity index is 4.27. The van der Waals surface area contributed by atoms with Crippen LogP contribution in [-0.4, -0.2) is 41.6 Å². The van der Waals surface area contributed by atoms with Gasteiger partial charge >= 0.3 is 11.9 Å². The second-order valence-corrected chi connectivity index (χ2v) is 13.7. The molecule has 2 atom stereocenters. The van der Waals surface area contributed by atoms with Crippen molar-refractivity contribution in [2.75, 3.05) is 6.54 Å². The summed E-state index contributed by atoms with van der Waals surface area (Å²) in [5.74, 6) is -1.25. The third-order valence-electron chi connectivity index (χ3n) is 8.97. The molecular weight excluding hydrogens is 612 g/mol. The van der Waals surface area contributed by atoms with Gasteiger partial charge in [0.25, 0.3) is 0 Å². The summed E-state index contributed by atoms with van der Waals surface area (Å²) in [6.45, 7) is 4.82. The lowest BCUT2D eigenvalue weighted by molar-refractivity contribution is -0.150. The van der Waals surface area contributed by atoms with Crippen molar-refractivity contribution in [2.24, 2.45) is 5.73 Å². The Hall–Kier alpha value is -2.41. The van der Waals surface area contributed by atoms with E-state index in [1.54, 1.807) is 0 Å². The Morgan fingerprint density at radius 2 is 1.12 bits per heavy atom. The fourth-order valence-corrected chi connectivity index (χ4v) is 5.94. The number of amides is 1. The number of nitrogens with one attached hydrogen (secondary N) is 1. The van der Waals surface area contributed by atoms with E-state index in [-0.39, 0.29) is 18.0 Å². The van der Waals surface area contributed by atoms with Crippen LogP contribution < -0.4 is 11.1 Å². The first-order valence-electron chi connectivity index (χ1n) is 20.3. The van der Waals surface area contributed by atoms with Crippen LogP contribution in [0.25, 0.3) is 0 Å². The van der Waals surface area contributed by atoms with Gasteiger partial charge in [-0.1, -0.05) is 134 Å². The molecule has 1 amide bonds. The Morgan fingerprint density at radius 3 is 1.69 bits per heavy atom. The summed E-state index contributed by atoms with van der Waals surface area (Å²) >= 11 is 0. The maximum absolute atomic E-state index is 12.7. The highest BCUT2D eigenvalue weighted by atomic mass is 16.5. The molecule has 2 unspecified atom stereocenters. The summed E-state index contributed by atoms with van der Waals surface area (Å²) in [6.07, 6.45) is 41.8. The number of esters is 1. The van der Waals surface area contributed by atoms with E-state index in [4.69, 9.17) is 10.5 Å². The lowest BCUT2D eigenvalue weighted by Crippen LogP contribution is -2.40. The van der Waals surface area contributed by atoms with Crippen molar-refractivity contribution in [3.05, 3.63) is 36.5 Å². The zero-order valence-corrected chi connectivity index (χ0v) is 31.8. The lowest BCUT2D eigenvalue weighted by atomic mass is 10.0. The van der Waals surface area contributed by atoms with Gasteiger partial charge in [-0.3, -0.25) is 9.59 Å². The topological polar surface area (TPSA) is 119 Å². The first-order valence-corrected chi connectivity index (χ1v) is 20.3. The van der Waals surface area contributed by atoms with E-state index < -0.39 is 12.0 Å². The van der Waals surface area contributed by atoms with Crippen molar-refractivity contribution < 1.29 is 24.2 Å². The summed E-state index contributed by atoms with van der Waals surface area (Å²) in [4.78, 5) is 36.2. The quantitative estimate of drug-likeness (QED) is 0.0342. The number of carboxylic acid groups (broad SMARTS) is 1. The van der Waals surface area contributed by atoms with E-state index in [0.717, 1.165) is 89.9 Å². The van der Waals surface area contributed by atoms with Crippen molar-refractivity contribution >= 4 is 17.8 Å². The van der Waals surface area contributed by atoms with E-state index in [1.807, 2.05) is 0 Å². The van der Waals surface area contributed by atoms with Crippen LogP contribution in [0.3, 0.4) is 0 Å². The second-order valence-electron chi connectivity index (χ2n) is 13.7. The number of ether oxygens (including phenoxy) is 1. The minimum atomic E-state index is -1.01. The molecule has 284 valence electrons. The zero-order valence-electron chi connectivity index (χ0n) is 31.8. The number of carbonyl (C=O) groups is 3. The van der Waals surface area contributed by atoms with Gasteiger partial charge in [-0.25, -0.2) is 4.79 Å². The van der Waals surface area contributed by atoms with Crippen molar-refractivity contribution in [3.8, 4) is 0 Å². The number of aliphatic carboxylic acids is 1. The standard InChI is InChI=1S/C42H76N2O5/c1-3-5-7-9-11-13-14-15-16-17-18-19-21-26-30-36-41(46)49-38(32-27-23-20-12-10-8-6-4-2)33-28-24-22-25-29-35-40(45)44-39(42(47)48)34-31-37-43/h5,7,11,13,15-16,38-39H,3-4,6,8-10,12,14,17-37,43H2,1-2H3,(H,44,45)(H,47,48)/b7-5-,13-11-,16-15-. The molecule has 0 aromatic carbocycles. The zero-order chi connectivity index (χ0) is 36.0. The first-order chi connectivity index (χ1) is 23.9. The summed E-state index contributed by atoms with van der Waals surface area (Å²) < 4.78 is 6.01. The molecule has 0 fully saturated rings. The molecule has 0 aromatic rings. The van der Waals surface area contributed by atoms with Crippen molar-refractivity contribution in [1.82, 2.24) is 5.32 Å². The van der Waals surface area contributed by atoms with E-state index in [0.29, 0.717) is 32.2 Å². The Bertz CT molecular complexity index is 869. The van der Waals surface area contributed by atoms with Gasteiger partial charge in [-0.2, -0.15) is 0 Å². The number of hydrogen-bond donors (Lipinski definition) is 3. The average Bonchev–Trinajstić information content (AvgIpc) is 3.08. The summed E-state index contributed by atoms with van der Waals surface area (Å²) in [6, 6.07) is -0.856. The van der Waals surface area contributed by atoms with E-state index in [2.05, 4.69) is 55.6 Å².